The van der Waals surface area contributed by atoms with E-state index in [0.29, 0.717) is 11.3 Å². The van der Waals surface area contributed by atoms with E-state index in [0.717, 1.165) is 12.1 Å². The molecular formula is C21H14ClF3N8O2. The molecule has 178 valence electrons. The van der Waals surface area contributed by atoms with Crippen molar-refractivity contribution in [1.29, 1.82) is 0 Å². The molecule has 5 aromatic rings. The lowest BCUT2D eigenvalue weighted by Crippen LogP contribution is -2.27. The molecule has 1 unspecified atom stereocenters. The van der Waals surface area contributed by atoms with E-state index in [4.69, 9.17) is 16.1 Å². The fraction of sp³-hybridized carbons (Fsp3) is 0.143. The van der Waals surface area contributed by atoms with Crippen LogP contribution in [0.1, 0.15) is 34.8 Å². The summed E-state index contributed by atoms with van der Waals surface area (Å²) >= 11 is 6.32. The van der Waals surface area contributed by atoms with Crippen LogP contribution in [0, 0.1) is 0 Å². The van der Waals surface area contributed by atoms with E-state index in [9.17, 15) is 18.0 Å². The van der Waals surface area contributed by atoms with Gasteiger partial charge in [0, 0.05) is 18.5 Å². The second-order valence-corrected chi connectivity index (χ2v) is 7.83. The molecular weight excluding hydrogens is 489 g/mol. The maximum atomic E-state index is 13.0. The van der Waals surface area contributed by atoms with Crippen LogP contribution in [-0.4, -0.2) is 41.0 Å². The number of rotatable bonds is 5. The number of H-pyrrole nitrogens is 2. The number of fused-ring (bicyclic) bond motifs is 1. The topological polar surface area (TPSA) is 138 Å². The smallest absolute Gasteiger partial charge is 0.358 e. The molecule has 5 rings (SSSR count). The lowest BCUT2D eigenvalue weighted by atomic mass is 10.2. The molecule has 0 aliphatic heterocycles. The van der Waals surface area contributed by atoms with Crippen LogP contribution in [0.25, 0.3) is 34.1 Å². The summed E-state index contributed by atoms with van der Waals surface area (Å²) in [5.41, 5.74) is 0.209. The highest BCUT2D eigenvalue weighted by Crippen LogP contribution is 2.32. The number of hydrogen-bond donors (Lipinski definition) is 3. The lowest BCUT2D eigenvalue weighted by Gasteiger charge is -2.11. The first-order valence-corrected chi connectivity index (χ1v) is 10.4. The van der Waals surface area contributed by atoms with Crippen LogP contribution in [0.3, 0.4) is 0 Å². The third-order valence-electron chi connectivity index (χ3n) is 5.08. The molecule has 1 aromatic carbocycles. The molecule has 0 fully saturated rings. The van der Waals surface area contributed by atoms with Gasteiger partial charge in [-0.25, -0.2) is 19.9 Å². The standard InChI is InChI=1S/C21H14ClF3N8O2/c1-9(30-20(34)17-15(22)16(28-8-29-17)19-26-4-5-27-19)14-7-13(33-35-14)18-31-11-3-2-10(21(23,24)25)6-12(11)32-18/h2-9H,1H3,(H,26,27)(H,30,34)(H,31,32). The number of aromatic nitrogens is 7. The fourth-order valence-electron chi connectivity index (χ4n) is 3.34. The van der Waals surface area contributed by atoms with E-state index in [1.807, 2.05) is 0 Å². The highest BCUT2D eigenvalue weighted by molar-refractivity contribution is 6.35. The average Bonchev–Trinajstić information content (AvgIpc) is 3.58. The highest BCUT2D eigenvalue weighted by Gasteiger charge is 2.31. The number of halogens is 4. The number of amides is 1. The normalized spacial score (nSPS) is 12.7. The number of benzene rings is 1. The number of aromatic amines is 2. The predicted molar refractivity (Wildman–Crippen MR) is 117 cm³/mol. The molecule has 4 aromatic heterocycles. The fourth-order valence-corrected chi connectivity index (χ4v) is 3.61. The quantitative estimate of drug-likeness (QED) is 0.320. The Morgan fingerprint density at radius 2 is 2.00 bits per heavy atom. The van der Waals surface area contributed by atoms with Crippen molar-refractivity contribution < 1.29 is 22.5 Å². The van der Waals surface area contributed by atoms with Crippen LogP contribution in [0.5, 0.6) is 0 Å². The zero-order chi connectivity index (χ0) is 24.7. The number of imidazole rings is 2. The summed E-state index contributed by atoms with van der Waals surface area (Å²) in [7, 11) is 0. The molecule has 0 bridgehead atoms. The monoisotopic (exact) mass is 502 g/mol. The summed E-state index contributed by atoms with van der Waals surface area (Å²) in [5, 5.41) is 6.64. The van der Waals surface area contributed by atoms with Gasteiger partial charge in [-0.2, -0.15) is 13.2 Å². The number of carbonyl (C=O) groups excluding carboxylic acids is 1. The summed E-state index contributed by atoms with van der Waals surface area (Å²) in [6, 6.07) is 4.06. The number of carbonyl (C=O) groups is 1. The Balaban J connectivity index is 1.35. The molecule has 0 saturated carbocycles. The van der Waals surface area contributed by atoms with Gasteiger partial charge in [0.2, 0.25) is 0 Å². The summed E-state index contributed by atoms with van der Waals surface area (Å²) in [4.78, 5) is 34.8. The van der Waals surface area contributed by atoms with Gasteiger partial charge < -0.3 is 19.8 Å². The first kappa shape index (κ1) is 22.5. The van der Waals surface area contributed by atoms with Crippen LogP contribution in [-0.2, 0) is 6.18 Å². The molecule has 4 heterocycles. The molecule has 14 heteroatoms. The van der Waals surface area contributed by atoms with Gasteiger partial charge in [0.25, 0.3) is 5.91 Å². The zero-order valence-electron chi connectivity index (χ0n) is 17.7. The minimum Gasteiger partial charge on any atom is -0.358 e. The molecule has 3 N–H and O–H groups in total. The Bertz CT molecular complexity index is 1530. The van der Waals surface area contributed by atoms with E-state index in [-0.39, 0.29) is 39.2 Å². The third-order valence-corrected chi connectivity index (χ3v) is 5.44. The zero-order valence-corrected chi connectivity index (χ0v) is 18.4. The molecule has 0 aliphatic carbocycles. The van der Waals surface area contributed by atoms with Crippen molar-refractivity contribution >= 4 is 28.5 Å². The van der Waals surface area contributed by atoms with Crippen LogP contribution in [0.2, 0.25) is 5.02 Å². The van der Waals surface area contributed by atoms with Gasteiger partial charge in [0.15, 0.2) is 23.1 Å². The van der Waals surface area contributed by atoms with Gasteiger partial charge >= 0.3 is 6.18 Å². The number of hydrogen-bond acceptors (Lipinski definition) is 7. The Kier molecular flexibility index (Phi) is 5.47. The van der Waals surface area contributed by atoms with Gasteiger partial charge in [0.05, 0.1) is 22.6 Å². The highest BCUT2D eigenvalue weighted by atomic mass is 35.5. The van der Waals surface area contributed by atoms with E-state index < -0.39 is 23.7 Å². The van der Waals surface area contributed by atoms with Crippen molar-refractivity contribution in [2.45, 2.75) is 19.1 Å². The molecule has 10 nitrogen and oxygen atoms in total. The Morgan fingerprint density at radius 3 is 2.74 bits per heavy atom. The number of nitrogens with zero attached hydrogens (tertiary/aromatic N) is 5. The predicted octanol–water partition coefficient (Wildman–Crippen LogP) is 4.56. The van der Waals surface area contributed by atoms with Gasteiger partial charge in [-0.15, -0.1) is 0 Å². The van der Waals surface area contributed by atoms with Gasteiger partial charge in [0.1, 0.15) is 22.7 Å². The first-order valence-electron chi connectivity index (χ1n) is 10.1. The molecule has 0 saturated heterocycles. The van der Waals surface area contributed by atoms with Crippen molar-refractivity contribution in [2.75, 3.05) is 0 Å². The first-order chi connectivity index (χ1) is 16.7. The molecule has 1 atom stereocenters. The van der Waals surface area contributed by atoms with Gasteiger partial charge in [-0.3, -0.25) is 4.79 Å². The van der Waals surface area contributed by atoms with Crippen LogP contribution in [0.4, 0.5) is 13.2 Å². The van der Waals surface area contributed by atoms with E-state index in [1.54, 1.807) is 13.1 Å². The average molecular weight is 503 g/mol. The molecule has 0 aliphatic rings. The Hall–Kier alpha value is -4.26. The lowest BCUT2D eigenvalue weighted by molar-refractivity contribution is -0.137. The van der Waals surface area contributed by atoms with Crippen molar-refractivity contribution in [3.05, 3.63) is 65.0 Å². The van der Waals surface area contributed by atoms with Gasteiger partial charge in [-0.05, 0) is 25.1 Å². The van der Waals surface area contributed by atoms with Crippen LogP contribution >= 0.6 is 11.6 Å². The molecule has 35 heavy (non-hydrogen) atoms. The second kappa shape index (κ2) is 8.51. The molecule has 0 spiro atoms. The summed E-state index contributed by atoms with van der Waals surface area (Å²) in [5.74, 6) is 0.294. The van der Waals surface area contributed by atoms with E-state index >= 15 is 0 Å². The van der Waals surface area contributed by atoms with Gasteiger partial charge in [-0.1, -0.05) is 16.8 Å². The van der Waals surface area contributed by atoms with Crippen LogP contribution < -0.4 is 5.32 Å². The summed E-state index contributed by atoms with van der Waals surface area (Å²) in [6.45, 7) is 1.65. The number of nitrogens with one attached hydrogen (secondary N) is 3. The molecule has 0 radical (unpaired) electrons. The van der Waals surface area contributed by atoms with Crippen molar-refractivity contribution in [1.82, 2.24) is 40.4 Å². The largest absolute Gasteiger partial charge is 0.416 e. The summed E-state index contributed by atoms with van der Waals surface area (Å²) in [6.07, 6.45) is -0.163. The number of alkyl halides is 3. The maximum absolute atomic E-state index is 13.0. The Labute approximate surface area is 199 Å². The minimum atomic E-state index is -4.47. The van der Waals surface area contributed by atoms with E-state index in [2.05, 4.69) is 40.4 Å². The Morgan fingerprint density at radius 1 is 1.17 bits per heavy atom. The summed E-state index contributed by atoms with van der Waals surface area (Å²) < 4.78 is 44.2. The molecule has 1 amide bonds. The van der Waals surface area contributed by atoms with Crippen molar-refractivity contribution in [3.8, 4) is 23.0 Å². The SMILES string of the molecule is CC(NC(=O)c1ncnc(-c2ncc[nH]2)c1Cl)c1cc(-c2nc3ccc(C(F)(F)F)cc3[nH]2)no1. The van der Waals surface area contributed by atoms with E-state index in [1.165, 1.54) is 24.7 Å². The van der Waals surface area contributed by atoms with Crippen molar-refractivity contribution in [3.63, 3.8) is 0 Å². The van der Waals surface area contributed by atoms with Crippen LogP contribution in [0.15, 0.2) is 47.5 Å². The second-order valence-electron chi connectivity index (χ2n) is 7.45. The minimum absolute atomic E-state index is 0.0194. The third kappa shape index (κ3) is 4.33. The maximum Gasteiger partial charge on any atom is 0.416 e. The van der Waals surface area contributed by atoms with Crippen molar-refractivity contribution in [2.24, 2.45) is 0 Å².